The summed E-state index contributed by atoms with van der Waals surface area (Å²) in [5.74, 6) is 0.255. The van der Waals surface area contributed by atoms with Crippen molar-refractivity contribution in [2.24, 2.45) is 5.92 Å². The number of aliphatic hydroxyl groups excluding tert-OH is 1. The van der Waals surface area contributed by atoms with E-state index in [-0.39, 0.29) is 17.6 Å². The summed E-state index contributed by atoms with van der Waals surface area (Å²) in [5, 5.41) is 9.14. The van der Waals surface area contributed by atoms with Crippen molar-refractivity contribution in [1.29, 1.82) is 0 Å². The smallest absolute Gasteiger partial charge is 0.223 e. The van der Waals surface area contributed by atoms with Gasteiger partial charge in [0.25, 0.3) is 0 Å². The van der Waals surface area contributed by atoms with Crippen molar-refractivity contribution in [3.63, 3.8) is 0 Å². The van der Waals surface area contributed by atoms with Crippen molar-refractivity contribution in [2.75, 3.05) is 13.1 Å². The van der Waals surface area contributed by atoms with Crippen molar-refractivity contribution in [3.8, 4) is 0 Å². The Balaban J connectivity index is 2.42. The monoisotopic (exact) mass is 183 g/mol. The molecule has 0 aromatic heterocycles. The van der Waals surface area contributed by atoms with Gasteiger partial charge in [-0.3, -0.25) is 4.79 Å². The fourth-order valence-corrected chi connectivity index (χ4v) is 1.56. The van der Waals surface area contributed by atoms with Crippen LogP contribution >= 0.6 is 0 Å². The number of hydrogen-bond acceptors (Lipinski definition) is 2. The van der Waals surface area contributed by atoms with Gasteiger partial charge in [-0.25, -0.2) is 0 Å². The van der Waals surface area contributed by atoms with Crippen LogP contribution in [-0.2, 0) is 4.79 Å². The minimum Gasteiger partial charge on any atom is -0.513 e. The standard InChI is InChI=1S/C10H17NO2/c1-3-4-5-11-7-9(8(2)12)6-10(11)13/h9,12H,2-7H2,1H3. The number of carbonyl (C=O) groups is 1. The molecule has 0 aromatic carbocycles. The number of likely N-dealkylation sites (tertiary alicyclic amines) is 1. The van der Waals surface area contributed by atoms with Gasteiger partial charge in [-0.05, 0) is 6.42 Å². The largest absolute Gasteiger partial charge is 0.513 e. The lowest BCUT2D eigenvalue weighted by Crippen LogP contribution is -2.26. The van der Waals surface area contributed by atoms with Gasteiger partial charge in [-0.15, -0.1) is 0 Å². The van der Waals surface area contributed by atoms with Crippen molar-refractivity contribution >= 4 is 5.91 Å². The second kappa shape index (κ2) is 4.30. The average molecular weight is 183 g/mol. The van der Waals surface area contributed by atoms with Crippen molar-refractivity contribution in [2.45, 2.75) is 26.2 Å². The number of amides is 1. The second-order valence-corrected chi connectivity index (χ2v) is 3.59. The maximum Gasteiger partial charge on any atom is 0.223 e. The maximum atomic E-state index is 11.4. The molecule has 0 spiro atoms. The van der Waals surface area contributed by atoms with E-state index in [0.717, 1.165) is 19.4 Å². The lowest BCUT2D eigenvalue weighted by molar-refractivity contribution is -0.127. The molecule has 1 unspecified atom stereocenters. The summed E-state index contributed by atoms with van der Waals surface area (Å²) in [7, 11) is 0. The van der Waals surface area contributed by atoms with Gasteiger partial charge in [0, 0.05) is 25.4 Å². The maximum absolute atomic E-state index is 11.4. The number of rotatable bonds is 4. The number of carbonyl (C=O) groups excluding carboxylic acids is 1. The average Bonchev–Trinajstić information content (AvgIpc) is 2.44. The fraction of sp³-hybridized carbons (Fsp3) is 0.700. The van der Waals surface area contributed by atoms with Gasteiger partial charge in [0.2, 0.25) is 5.91 Å². The van der Waals surface area contributed by atoms with Gasteiger partial charge in [-0.2, -0.15) is 0 Å². The third-order valence-electron chi connectivity index (χ3n) is 2.47. The highest BCUT2D eigenvalue weighted by molar-refractivity contribution is 5.79. The van der Waals surface area contributed by atoms with E-state index in [4.69, 9.17) is 5.11 Å². The van der Waals surface area contributed by atoms with Crippen LogP contribution in [0, 0.1) is 5.92 Å². The molecule has 1 atom stereocenters. The molecule has 1 heterocycles. The zero-order valence-corrected chi connectivity index (χ0v) is 8.12. The molecule has 3 nitrogen and oxygen atoms in total. The van der Waals surface area contributed by atoms with Crippen LogP contribution in [-0.4, -0.2) is 29.0 Å². The Labute approximate surface area is 79.0 Å². The molecule has 74 valence electrons. The predicted octanol–water partition coefficient (Wildman–Crippen LogP) is 1.71. The first-order chi connectivity index (χ1) is 6.15. The Hall–Kier alpha value is -0.990. The summed E-state index contributed by atoms with van der Waals surface area (Å²) in [4.78, 5) is 13.2. The van der Waals surface area contributed by atoms with E-state index in [1.807, 2.05) is 4.90 Å². The van der Waals surface area contributed by atoms with E-state index >= 15 is 0 Å². The molecule has 0 aliphatic carbocycles. The van der Waals surface area contributed by atoms with Gasteiger partial charge in [0.1, 0.15) is 0 Å². The molecular formula is C10H17NO2. The molecule has 0 saturated carbocycles. The lowest BCUT2D eigenvalue weighted by atomic mass is 10.1. The first kappa shape index (κ1) is 10.1. The first-order valence-corrected chi connectivity index (χ1v) is 4.80. The molecule has 1 rings (SSSR count). The van der Waals surface area contributed by atoms with E-state index in [1.165, 1.54) is 0 Å². The van der Waals surface area contributed by atoms with Gasteiger partial charge in [0.15, 0.2) is 0 Å². The molecular weight excluding hydrogens is 166 g/mol. The Bertz CT molecular complexity index is 213. The zero-order valence-electron chi connectivity index (χ0n) is 8.12. The SMILES string of the molecule is C=C(O)C1CC(=O)N(CCCC)C1. The summed E-state index contributed by atoms with van der Waals surface area (Å²) in [6.45, 7) is 7.03. The molecule has 0 radical (unpaired) electrons. The zero-order chi connectivity index (χ0) is 9.84. The summed E-state index contributed by atoms with van der Waals surface area (Å²) >= 11 is 0. The van der Waals surface area contributed by atoms with Crippen molar-refractivity contribution in [3.05, 3.63) is 12.3 Å². The quantitative estimate of drug-likeness (QED) is 0.674. The second-order valence-electron chi connectivity index (χ2n) is 3.59. The normalized spacial score (nSPS) is 22.4. The Morgan fingerprint density at radius 3 is 2.92 bits per heavy atom. The molecule has 1 aliphatic rings. The molecule has 1 amide bonds. The van der Waals surface area contributed by atoms with E-state index in [1.54, 1.807) is 0 Å². The predicted molar refractivity (Wildman–Crippen MR) is 51.4 cm³/mol. The van der Waals surface area contributed by atoms with E-state index in [2.05, 4.69) is 13.5 Å². The molecule has 1 aliphatic heterocycles. The summed E-state index contributed by atoms with van der Waals surface area (Å²) in [6.07, 6.45) is 2.56. The molecule has 1 N–H and O–H groups in total. The number of aliphatic hydroxyl groups is 1. The van der Waals surface area contributed by atoms with Crippen LogP contribution < -0.4 is 0 Å². The van der Waals surface area contributed by atoms with Crippen LogP contribution in [0.25, 0.3) is 0 Å². The van der Waals surface area contributed by atoms with Crippen LogP contribution in [0.1, 0.15) is 26.2 Å². The Morgan fingerprint density at radius 1 is 1.77 bits per heavy atom. The molecule has 1 saturated heterocycles. The molecule has 0 bridgehead atoms. The molecule has 0 aromatic rings. The Kier molecular flexibility index (Phi) is 3.34. The highest BCUT2D eigenvalue weighted by Crippen LogP contribution is 2.22. The highest BCUT2D eigenvalue weighted by Gasteiger charge is 2.30. The molecule has 1 fully saturated rings. The van der Waals surface area contributed by atoms with Gasteiger partial charge in [0.05, 0.1) is 5.76 Å². The summed E-state index contributed by atoms with van der Waals surface area (Å²) in [6, 6.07) is 0. The van der Waals surface area contributed by atoms with Crippen LogP contribution in [0.15, 0.2) is 12.3 Å². The fourth-order valence-electron chi connectivity index (χ4n) is 1.56. The third kappa shape index (κ3) is 2.47. The van der Waals surface area contributed by atoms with Crippen LogP contribution in [0.5, 0.6) is 0 Å². The minimum absolute atomic E-state index is 0.0376. The summed E-state index contributed by atoms with van der Waals surface area (Å²) < 4.78 is 0. The number of hydrogen-bond donors (Lipinski definition) is 1. The van der Waals surface area contributed by atoms with Crippen molar-refractivity contribution in [1.82, 2.24) is 4.90 Å². The number of nitrogens with zero attached hydrogens (tertiary/aromatic N) is 1. The third-order valence-corrected chi connectivity index (χ3v) is 2.47. The van der Waals surface area contributed by atoms with Crippen LogP contribution in [0.3, 0.4) is 0 Å². The van der Waals surface area contributed by atoms with E-state index < -0.39 is 0 Å². The topological polar surface area (TPSA) is 40.5 Å². The number of unbranched alkanes of at least 4 members (excludes halogenated alkanes) is 1. The van der Waals surface area contributed by atoms with Gasteiger partial charge < -0.3 is 10.0 Å². The van der Waals surface area contributed by atoms with Gasteiger partial charge in [-0.1, -0.05) is 19.9 Å². The lowest BCUT2D eigenvalue weighted by Gasteiger charge is -2.15. The molecule has 13 heavy (non-hydrogen) atoms. The highest BCUT2D eigenvalue weighted by atomic mass is 16.3. The van der Waals surface area contributed by atoms with E-state index in [0.29, 0.717) is 13.0 Å². The molecule has 3 heteroatoms. The van der Waals surface area contributed by atoms with Crippen molar-refractivity contribution < 1.29 is 9.90 Å². The van der Waals surface area contributed by atoms with E-state index in [9.17, 15) is 4.79 Å². The summed E-state index contributed by atoms with van der Waals surface area (Å²) in [5.41, 5.74) is 0. The van der Waals surface area contributed by atoms with Crippen LogP contribution in [0.4, 0.5) is 0 Å². The Morgan fingerprint density at radius 2 is 2.46 bits per heavy atom. The first-order valence-electron chi connectivity index (χ1n) is 4.80. The minimum atomic E-state index is -0.0376. The van der Waals surface area contributed by atoms with Gasteiger partial charge >= 0.3 is 0 Å². The van der Waals surface area contributed by atoms with Crippen LogP contribution in [0.2, 0.25) is 0 Å².